The molecule has 2 aromatic rings. The first kappa shape index (κ1) is 20.6. The van der Waals surface area contributed by atoms with Crippen molar-refractivity contribution in [1.29, 1.82) is 0 Å². The highest BCUT2D eigenvalue weighted by Crippen LogP contribution is 2.17. The molecule has 0 unspecified atom stereocenters. The minimum Gasteiger partial charge on any atom is -0.352 e. The third-order valence-corrected chi connectivity index (χ3v) is 5.43. The molecule has 7 heteroatoms. The molecule has 0 spiro atoms. The minimum atomic E-state index is -3.78. The van der Waals surface area contributed by atoms with Gasteiger partial charge in [-0.15, -0.1) is 0 Å². The Labute approximate surface area is 160 Å². The number of Topliss-reactive ketones (excluding diaryl/α,β-unsaturated/α-hetero) is 1. The fraction of sp³-hybridized carbons (Fsp3) is 0.300. The summed E-state index contributed by atoms with van der Waals surface area (Å²) in [6.45, 7) is 4.14. The zero-order chi connectivity index (χ0) is 19.9. The number of hydrogen-bond donors (Lipinski definition) is 2. The number of nitrogens with one attached hydrogen (secondary N) is 2. The van der Waals surface area contributed by atoms with Crippen LogP contribution in [0.4, 0.5) is 5.69 Å². The Morgan fingerprint density at radius 2 is 1.48 bits per heavy atom. The molecule has 2 rings (SSSR count). The molecule has 0 saturated carbocycles. The molecule has 1 amide bonds. The van der Waals surface area contributed by atoms with E-state index >= 15 is 0 Å². The molecule has 0 aliphatic heterocycles. The van der Waals surface area contributed by atoms with Gasteiger partial charge >= 0.3 is 0 Å². The van der Waals surface area contributed by atoms with Crippen LogP contribution in [0.1, 0.15) is 53.8 Å². The Hall–Kier alpha value is -2.67. The number of hydrogen-bond acceptors (Lipinski definition) is 4. The normalized spacial score (nSPS) is 11.0. The van der Waals surface area contributed by atoms with E-state index in [1.807, 2.05) is 0 Å². The first-order valence-electron chi connectivity index (χ1n) is 8.85. The van der Waals surface area contributed by atoms with Crippen molar-refractivity contribution < 1.29 is 18.0 Å². The van der Waals surface area contributed by atoms with Crippen molar-refractivity contribution in [3.8, 4) is 0 Å². The van der Waals surface area contributed by atoms with Gasteiger partial charge in [-0.2, -0.15) is 0 Å². The molecule has 0 fully saturated rings. The highest BCUT2D eigenvalue weighted by Gasteiger charge is 2.15. The van der Waals surface area contributed by atoms with E-state index in [9.17, 15) is 18.0 Å². The Bertz CT molecular complexity index is 889. The monoisotopic (exact) mass is 388 g/mol. The van der Waals surface area contributed by atoms with Crippen LogP contribution >= 0.6 is 0 Å². The zero-order valence-electron chi connectivity index (χ0n) is 15.5. The van der Waals surface area contributed by atoms with E-state index in [4.69, 9.17) is 0 Å². The van der Waals surface area contributed by atoms with Crippen LogP contribution in [-0.2, 0) is 10.0 Å². The van der Waals surface area contributed by atoms with Gasteiger partial charge in [-0.25, -0.2) is 8.42 Å². The predicted molar refractivity (Wildman–Crippen MR) is 106 cm³/mol. The number of amides is 1. The summed E-state index contributed by atoms with van der Waals surface area (Å²) in [6.07, 6.45) is 3.05. The van der Waals surface area contributed by atoms with Crippen LogP contribution in [0.15, 0.2) is 53.4 Å². The molecular weight excluding hydrogens is 364 g/mol. The zero-order valence-corrected chi connectivity index (χ0v) is 16.3. The predicted octanol–water partition coefficient (Wildman–Crippen LogP) is 3.61. The molecule has 0 atom stereocenters. The van der Waals surface area contributed by atoms with Crippen molar-refractivity contribution in [2.45, 2.75) is 38.0 Å². The van der Waals surface area contributed by atoms with Crippen LogP contribution in [0.3, 0.4) is 0 Å². The lowest BCUT2D eigenvalue weighted by molar-refractivity contribution is 0.0951. The van der Waals surface area contributed by atoms with Gasteiger partial charge in [0, 0.05) is 23.4 Å². The molecule has 0 bridgehead atoms. The Morgan fingerprint density at radius 3 is 2.04 bits per heavy atom. The van der Waals surface area contributed by atoms with Crippen molar-refractivity contribution in [3.05, 3.63) is 59.7 Å². The molecular formula is C20H24N2O4S. The minimum absolute atomic E-state index is 0.0562. The van der Waals surface area contributed by atoms with E-state index in [1.54, 1.807) is 12.1 Å². The maximum absolute atomic E-state index is 12.5. The van der Waals surface area contributed by atoms with Gasteiger partial charge in [0.25, 0.3) is 15.9 Å². The fourth-order valence-corrected chi connectivity index (χ4v) is 3.51. The highest BCUT2D eigenvalue weighted by molar-refractivity contribution is 7.92. The summed E-state index contributed by atoms with van der Waals surface area (Å²) in [5, 5.41) is 2.81. The molecule has 0 radical (unpaired) electrons. The molecule has 2 aromatic carbocycles. The average Bonchev–Trinajstić information content (AvgIpc) is 2.65. The summed E-state index contributed by atoms with van der Waals surface area (Å²) >= 11 is 0. The van der Waals surface area contributed by atoms with Gasteiger partial charge in [-0.05, 0) is 61.9 Å². The van der Waals surface area contributed by atoms with Crippen LogP contribution in [0.2, 0.25) is 0 Å². The van der Waals surface area contributed by atoms with Gasteiger partial charge in [-0.1, -0.05) is 19.8 Å². The second-order valence-corrected chi connectivity index (χ2v) is 7.91. The van der Waals surface area contributed by atoms with Crippen molar-refractivity contribution in [1.82, 2.24) is 5.32 Å². The molecule has 0 aliphatic rings. The van der Waals surface area contributed by atoms with Crippen LogP contribution in [0.5, 0.6) is 0 Å². The average molecular weight is 388 g/mol. The quantitative estimate of drug-likeness (QED) is 0.507. The van der Waals surface area contributed by atoms with Crippen molar-refractivity contribution in [2.75, 3.05) is 11.3 Å². The third-order valence-electron chi connectivity index (χ3n) is 4.04. The Balaban J connectivity index is 2.03. The summed E-state index contributed by atoms with van der Waals surface area (Å²) in [4.78, 5) is 23.4. The van der Waals surface area contributed by atoms with Gasteiger partial charge in [-0.3, -0.25) is 14.3 Å². The van der Waals surface area contributed by atoms with E-state index in [0.29, 0.717) is 23.4 Å². The second kappa shape index (κ2) is 9.32. The second-order valence-electron chi connectivity index (χ2n) is 6.23. The first-order chi connectivity index (χ1) is 12.8. The van der Waals surface area contributed by atoms with Gasteiger partial charge in [0.05, 0.1) is 4.90 Å². The Kier molecular flexibility index (Phi) is 7.12. The van der Waals surface area contributed by atoms with E-state index in [0.717, 1.165) is 19.3 Å². The summed E-state index contributed by atoms with van der Waals surface area (Å²) in [5.41, 5.74) is 1.28. The van der Waals surface area contributed by atoms with Crippen LogP contribution in [0.25, 0.3) is 0 Å². The standard InChI is InChI=1S/C20H24N2O4S/c1-3-4-5-14-21-20(24)17-8-12-19(13-9-17)27(25,26)22-18-10-6-16(7-11-18)15(2)23/h6-13,22H,3-5,14H2,1-2H3,(H,21,24). The number of carbonyl (C=O) groups is 2. The van der Waals surface area contributed by atoms with Crippen LogP contribution < -0.4 is 10.0 Å². The number of ketones is 1. The number of carbonyl (C=O) groups excluding carboxylic acids is 2. The van der Waals surface area contributed by atoms with Gasteiger partial charge < -0.3 is 5.32 Å². The smallest absolute Gasteiger partial charge is 0.261 e. The van der Waals surface area contributed by atoms with E-state index < -0.39 is 10.0 Å². The number of sulfonamides is 1. The molecule has 144 valence electrons. The fourth-order valence-electron chi connectivity index (χ4n) is 2.45. The van der Waals surface area contributed by atoms with Crippen molar-refractivity contribution in [3.63, 3.8) is 0 Å². The molecule has 6 nitrogen and oxygen atoms in total. The SMILES string of the molecule is CCCCCNC(=O)c1ccc(S(=O)(=O)Nc2ccc(C(C)=O)cc2)cc1. The molecule has 0 heterocycles. The molecule has 0 saturated heterocycles. The lowest BCUT2D eigenvalue weighted by Crippen LogP contribution is -2.24. The largest absolute Gasteiger partial charge is 0.352 e. The van der Waals surface area contributed by atoms with Gasteiger partial charge in [0.15, 0.2) is 5.78 Å². The van der Waals surface area contributed by atoms with Crippen molar-refractivity contribution in [2.24, 2.45) is 0 Å². The lowest BCUT2D eigenvalue weighted by atomic mass is 10.1. The molecule has 2 N–H and O–H groups in total. The Morgan fingerprint density at radius 1 is 0.889 bits per heavy atom. The number of anilines is 1. The summed E-state index contributed by atoms with van der Waals surface area (Å²) in [6, 6.07) is 12.0. The van der Waals surface area contributed by atoms with Crippen LogP contribution in [0, 0.1) is 0 Å². The van der Waals surface area contributed by atoms with E-state index in [2.05, 4.69) is 17.0 Å². The molecule has 0 aliphatic carbocycles. The van der Waals surface area contributed by atoms with Gasteiger partial charge in [0.2, 0.25) is 0 Å². The molecule has 27 heavy (non-hydrogen) atoms. The van der Waals surface area contributed by atoms with Crippen molar-refractivity contribution >= 4 is 27.4 Å². The van der Waals surface area contributed by atoms with E-state index in [1.165, 1.54) is 43.3 Å². The summed E-state index contributed by atoms with van der Waals surface area (Å²) < 4.78 is 27.4. The number of rotatable bonds is 9. The molecule has 0 aromatic heterocycles. The number of unbranched alkanes of at least 4 members (excludes halogenated alkanes) is 2. The maximum atomic E-state index is 12.5. The third kappa shape index (κ3) is 5.92. The maximum Gasteiger partial charge on any atom is 0.261 e. The lowest BCUT2D eigenvalue weighted by Gasteiger charge is -2.09. The summed E-state index contributed by atoms with van der Waals surface area (Å²) in [5.74, 6) is -0.309. The number of benzene rings is 2. The van der Waals surface area contributed by atoms with E-state index in [-0.39, 0.29) is 16.6 Å². The topological polar surface area (TPSA) is 92.3 Å². The highest BCUT2D eigenvalue weighted by atomic mass is 32.2. The van der Waals surface area contributed by atoms with Gasteiger partial charge in [0.1, 0.15) is 0 Å². The summed E-state index contributed by atoms with van der Waals surface area (Å²) in [7, 11) is -3.78. The first-order valence-corrected chi connectivity index (χ1v) is 10.3. The van der Waals surface area contributed by atoms with Crippen LogP contribution in [-0.4, -0.2) is 26.7 Å².